The molecular weight excluding hydrogens is 242 g/mol. The van der Waals surface area contributed by atoms with Gasteiger partial charge in [-0.25, -0.2) is 13.2 Å². The number of sulfone groups is 1. The van der Waals surface area contributed by atoms with Crippen molar-refractivity contribution < 1.29 is 32.4 Å². The summed E-state index contributed by atoms with van der Waals surface area (Å²) in [4.78, 5) is 37.3. The molecule has 0 unspecified atom stereocenters. The van der Waals surface area contributed by atoms with E-state index in [0.717, 1.165) is 0 Å². The molecule has 2 aliphatic rings. The molecule has 2 heterocycles. The SMILES string of the molecule is O=C(O[C@@H]1CS1(=O)=O)ON1C(=O)CCC1=O. The Hall–Kier alpha value is -1.64. The highest BCUT2D eigenvalue weighted by molar-refractivity contribution is 7.98. The van der Waals surface area contributed by atoms with Gasteiger partial charge in [-0.15, -0.1) is 0 Å². The Labute approximate surface area is 90.0 Å². The van der Waals surface area contributed by atoms with Gasteiger partial charge < -0.3 is 4.74 Å². The van der Waals surface area contributed by atoms with Gasteiger partial charge in [0.2, 0.25) is 5.44 Å². The predicted molar refractivity (Wildman–Crippen MR) is 46.2 cm³/mol. The number of amides is 2. The first-order chi connectivity index (χ1) is 7.40. The smallest absolute Gasteiger partial charge is 0.412 e. The van der Waals surface area contributed by atoms with Crippen molar-refractivity contribution in [1.82, 2.24) is 5.06 Å². The third-order valence-electron chi connectivity index (χ3n) is 2.05. The lowest BCUT2D eigenvalue weighted by Crippen LogP contribution is -2.32. The topological polar surface area (TPSA) is 107 Å². The lowest BCUT2D eigenvalue weighted by molar-refractivity contribution is -0.177. The molecule has 0 aromatic heterocycles. The van der Waals surface area contributed by atoms with Crippen molar-refractivity contribution in [1.29, 1.82) is 0 Å². The number of ether oxygens (including phenoxy) is 1. The summed E-state index contributed by atoms with van der Waals surface area (Å²) >= 11 is 0. The Morgan fingerprint density at radius 1 is 1.25 bits per heavy atom. The van der Waals surface area contributed by atoms with Crippen molar-refractivity contribution in [2.45, 2.75) is 18.3 Å². The van der Waals surface area contributed by atoms with Crippen molar-refractivity contribution in [2.75, 3.05) is 5.75 Å². The van der Waals surface area contributed by atoms with Crippen molar-refractivity contribution in [3.63, 3.8) is 0 Å². The van der Waals surface area contributed by atoms with Gasteiger partial charge in [-0.3, -0.25) is 14.4 Å². The minimum atomic E-state index is -3.32. The number of nitrogens with zero attached hydrogens (tertiary/aromatic N) is 1. The van der Waals surface area contributed by atoms with E-state index in [1.54, 1.807) is 0 Å². The number of rotatable bonds is 2. The van der Waals surface area contributed by atoms with Gasteiger partial charge in [0.05, 0.1) is 0 Å². The molecule has 0 N–H and O–H groups in total. The van der Waals surface area contributed by atoms with Crippen LogP contribution in [0.3, 0.4) is 0 Å². The lowest BCUT2D eigenvalue weighted by Gasteiger charge is -2.11. The van der Waals surface area contributed by atoms with Gasteiger partial charge in [0.25, 0.3) is 11.8 Å². The Kier molecular flexibility index (Phi) is 2.34. The highest BCUT2D eigenvalue weighted by atomic mass is 32.2. The maximum absolute atomic E-state index is 11.0. The van der Waals surface area contributed by atoms with Crippen molar-refractivity contribution >= 4 is 27.8 Å². The molecule has 8 nitrogen and oxygen atoms in total. The zero-order valence-electron chi connectivity index (χ0n) is 7.91. The summed E-state index contributed by atoms with van der Waals surface area (Å²) in [5.74, 6) is -1.56. The van der Waals surface area contributed by atoms with Crippen molar-refractivity contribution in [3.05, 3.63) is 0 Å². The zero-order valence-corrected chi connectivity index (χ0v) is 8.73. The fraction of sp³-hybridized carbons (Fsp3) is 0.571. The second kappa shape index (κ2) is 3.44. The second-order valence-corrected chi connectivity index (χ2v) is 5.48. The van der Waals surface area contributed by atoms with E-state index in [9.17, 15) is 22.8 Å². The molecular formula is C7H7NO7S. The molecule has 2 fully saturated rings. The monoisotopic (exact) mass is 249 g/mol. The summed E-state index contributed by atoms with van der Waals surface area (Å²) in [6, 6.07) is 0. The molecule has 0 saturated carbocycles. The quantitative estimate of drug-likeness (QED) is 0.349. The molecule has 9 heteroatoms. The van der Waals surface area contributed by atoms with Crippen LogP contribution in [0.2, 0.25) is 0 Å². The number of carbonyl (C=O) groups is 3. The number of hydrogen-bond donors (Lipinski definition) is 0. The van der Waals surface area contributed by atoms with E-state index in [-0.39, 0.29) is 23.7 Å². The molecule has 2 saturated heterocycles. The molecule has 0 radical (unpaired) electrons. The summed E-state index contributed by atoms with van der Waals surface area (Å²) in [5, 5.41) is 0.289. The van der Waals surface area contributed by atoms with Gasteiger partial charge in [0.15, 0.2) is 9.84 Å². The van der Waals surface area contributed by atoms with Crippen LogP contribution in [-0.2, 0) is 29.0 Å². The summed E-state index contributed by atoms with van der Waals surface area (Å²) in [7, 11) is -3.32. The Bertz CT molecular complexity index is 451. The van der Waals surface area contributed by atoms with Gasteiger partial charge in [-0.1, -0.05) is 5.06 Å². The molecule has 0 aromatic carbocycles. The van der Waals surface area contributed by atoms with Gasteiger partial charge in [-0.05, 0) is 0 Å². The first-order valence-electron chi connectivity index (χ1n) is 4.36. The molecule has 2 aliphatic heterocycles. The minimum absolute atomic E-state index is 0.0339. The van der Waals surface area contributed by atoms with Crippen LogP contribution in [0.1, 0.15) is 12.8 Å². The van der Waals surface area contributed by atoms with Crippen LogP contribution in [-0.4, -0.2) is 42.6 Å². The van der Waals surface area contributed by atoms with Crippen LogP contribution < -0.4 is 0 Å². The third kappa shape index (κ3) is 1.98. The van der Waals surface area contributed by atoms with E-state index >= 15 is 0 Å². The summed E-state index contributed by atoms with van der Waals surface area (Å²) < 4.78 is 25.7. The van der Waals surface area contributed by atoms with E-state index in [4.69, 9.17) is 0 Å². The molecule has 0 bridgehead atoms. The Balaban J connectivity index is 1.88. The fourth-order valence-electron chi connectivity index (χ4n) is 1.12. The van der Waals surface area contributed by atoms with Crippen molar-refractivity contribution in [2.24, 2.45) is 0 Å². The summed E-state index contributed by atoms with van der Waals surface area (Å²) in [5.41, 5.74) is -1.21. The van der Waals surface area contributed by atoms with E-state index in [2.05, 4.69) is 9.57 Å². The average Bonchev–Trinajstić information content (AvgIpc) is 2.65. The van der Waals surface area contributed by atoms with Crippen molar-refractivity contribution in [3.8, 4) is 0 Å². The van der Waals surface area contributed by atoms with Crippen LogP contribution in [0.5, 0.6) is 0 Å². The van der Waals surface area contributed by atoms with Gasteiger partial charge in [0, 0.05) is 12.8 Å². The lowest BCUT2D eigenvalue weighted by atomic mass is 10.4. The van der Waals surface area contributed by atoms with Gasteiger partial charge in [-0.2, -0.15) is 0 Å². The molecule has 1 atom stereocenters. The Morgan fingerprint density at radius 2 is 1.75 bits per heavy atom. The zero-order chi connectivity index (χ0) is 11.9. The van der Waals surface area contributed by atoms with E-state index < -0.39 is 33.2 Å². The molecule has 16 heavy (non-hydrogen) atoms. The largest absolute Gasteiger partial charge is 0.535 e. The molecule has 2 rings (SSSR count). The fourth-order valence-corrected chi connectivity index (χ4v) is 2.05. The normalized spacial score (nSPS) is 26.8. The standard InChI is InChI=1S/C7H7NO7S/c9-4-1-2-5(10)8(4)15-7(11)14-6-3-16(6,12)13/h6H,1-3H2/t6-/m0/s1. The molecule has 88 valence electrons. The molecule has 2 amide bonds. The van der Waals surface area contributed by atoms with Crippen LogP contribution in [0, 0.1) is 0 Å². The average molecular weight is 249 g/mol. The second-order valence-electron chi connectivity index (χ2n) is 3.30. The highest BCUT2D eigenvalue weighted by Gasteiger charge is 2.48. The molecule has 0 aliphatic carbocycles. The molecule has 0 spiro atoms. The first kappa shape index (κ1) is 10.9. The maximum Gasteiger partial charge on any atom is 0.535 e. The number of hydrogen-bond acceptors (Lipinski definition) is 7. The third-order valence-corrected chi connectivity index (χ3v) is 3.46. The molecule has 0 aromatic rings. The maximum atomic E-state index is 11.0. The number of imide groups is 1. The van der Waals surface area contributed by atoms with E-state index in [1.807, 2.05) is 0 Å². The summed E-state index contributed by atoms with van der Waals surface area (Å²) in [6.07, 6.45) is -1.43. The van der Waals surface area contributed by atoms with E-state index in [1.165, 1.54) is 0 Å². The van der Waals surface area contributed by atoms with Gasteiger partial charge >= 0.3 is 6.16 Å². The predicted octanol–water partition coefficient (Wildman–Crippen LogP) is -1.04. The Morgan fingerprint density at radius 3 is 2.19 bits per heavy atom. The van der Waals surface area contributed by atoms with Crippen LogP contribution in [0.25, 0.3) is 0 Å². The van der Waals surface area contributed by atoms with Gasteiger partial charge in [0.1, 0.15) is 5.75 Å². The highest BCUT2D eigenvalue weighted by Crippen LogP contribution is 2.23. The summed E-state index contributed by atoms with van der Waals surface area (Å²) in [6.45, 7) is 0. The number of hydroxylamine groups is 2. The minimum Gasteiger partial charge on any atom is -0.412 e. The first-order valence-corrected chi connectivity index (χ1v) is 6.07. The van der Waals surface area contributed by atoms with Crippen LogP contribution >= 0.6 is 0 Å². The van der Waals surface area contributed by atoms with Crippen LogP contribution in [0.15, 0.2) is 0 Å². The van der Waals surface area contributed by atoms with E-state index in [0.29, 0.717) is 0 Å². The van der Waals surface area contributed by atoms with Crippen LogP contribution in [0.4, 0.5) is 4.79 Å². The number of carbonyl (C=O) groups excluding carboxylic acids is 3.